The lowest BCUT2D eigenvalue weighted by molar-refractivity contribution is -0.143. The van der Waals surface area contributed by atoms with Crippen molar-refractivity contribution in [1.29, 1.82) is 0 Å². The molecule has 2 aliphatic heterocycles. The smallest absolute Gasteiger partial charge is 0.394 e. The highest BCUT2D eigenvalue weighted by molar-refractivity contribution is 5.95. The monoisotopic (exact) mass is 667 g/mol. The Labute approximate surface area is 269 Å². The SMILES string of the molecule is CC(CCCN1CCN(C(=O)c2cc(C(F)(F)F)cc(C(F)(F)F)c2)[C@H](Cc2c[nH]c3ccccc23)C1)=NOCCN1CCOCC1. The molecule has 0 radical (unpaired) electrons. The Balaban J connectivity index is 1.27. The van der Waals surface area contributed by atoms with Crippen molar-refractivity contribution in [3.05, 3.63) is 70.9 Å². The molecule has 0 saturated carbocycles. The van der Waals surface area contributed by atoms with Crippen LogP contribution in [0.2, 0.25) is 0 Å². The number of carbonyl (C=O) groups is 1. The Morgan fingerprint density at radius 1 is 0.957 bits per heavy atom. The number of piperazine rings is 1. The lowest BCUT2D eigenvalue weighted by atomic mass is 9.98. The van der Waals surface area contributed by atoms with Crippen molar-refractivity contribution >= 4 is 22.5 Å². The summed E-state index contributed by atoms with van der Waals surface area (Å²) < 4.78 is 86.9. The van der Waals surface area contributed by atoms with Crippen LogP contribution in [0.1, 0.15) is 46.8 Å². The van der Waals surface area contributed by atoms with E-state index in [-0.39, 0.29) is 12.6 Å². The number of H-pyrrole nitrogens is 1. The van der Waals surface area contributed by atoms with E-state index in [1.165, 1.54) is 4.90 Å². The molecule has 0 bridgehead atoms. The molecule has 0 spiro atoms. The fraction of sp³-hybridized carbons (Fsp3) is 0.515. The number of oxime groups is 1. The molecule has 14 heteroatoms. The highest BCUT2D eigenvalue weighted by Crippen LogP contribution is 2.37. The molecule has 1 amide bonds. The van der Waals surface area contributed by atoms with Crippen LogP contribution >= 0.6 is 0 Å². The van der Waals surface area contributed by atoms with Gasteiger partial charge in [0.25, 0.3) is 5.91 Å². The summed E-state index contributed by atoms with van der Waals surface area (Å²) in [5.41, 5.74) is -1.01. The molecule has 2 aromatic carbocycles. The summed E-state index contributed by atoms with van der Waals surface area (Å²) in [6, 6.07) is 8.18. The zero-order valence-electron chi connectivity index (χ0n) is 26.2. The normalized spacial score (nSPS) is 19.0. The van der Waals surface area contributed by atoms with Crippen LogP contribution in [0, 0.1) is 0 Å². The predicted molar refractivity (Wildman–Crippen MR) is 165 cm³/mol. The zero-order valence-corrected chi connectivity index (χ0v) is 26.2. The molecule has 5 rings (SSSR count). The van der Waals surface area contributed by atoms with Crippen LogP contribution in [-0.4, -0.2) is 103 Å². The number of morpholine rings is 1. The van der Waals surface area contributed by atoms with Gasteiger partial charge < -0.3 is 19.5 Å². The van der Waals surface area contributed by atoms with Crippen LogP contribution in [0.25, 0.3) is 10.9 Å². The molecule has 1 atom stereocenters. The number of hydrogen-bond donors (Lipinski definition) is 1. The third kappa shape index (κ3) is 9.26. The van der Waals surface area contributed by atoms with Gasteiger partial charge in [-0.1, -0.05) is 23.4 Å². The summed E-state index contributed by atoms with van der Waals surface area (Å²) in [5.74, 6) is -0.858. The van der Waals surface area contributed by atoms with Crippen molar-refractivity contribution in [3.8, 4) is 0 Å². The van der Waals surface area contributed by atoms with Gasteiger partial charge in [-0.05, 0) is 62.6 Å². The quantitative estimate of drug-likeness (QED) is 0.116. The number of fused-ring (bicyclic) bond motifs is 1. The molecule has 256 valence electrons. The second-order valence-electron chi connectivity index (χ2n) is 12.0. The van der Waals surface area contributed by atoms with E-state index in [0.29, 0.717) is 51.2 Å². The van der Waals surface area contributed by atoms with Crippen molar-refractivity contribution < 1.29 is 40.7 Å². The summed E-state index contributed by atoms with van der Waals surface area (Å²) in [4.78, 5) is 28.3. The summed E-state index contributed by atoms with van der Waals surface area (Å²) >= 11 is 0. The van der Waals surface area contributed by atoms with Crippen LogP contribution in [0.4, 0.5) is 26.3 Å². The molecule has 0 aliphatic carbocycles. The topological polar surface area (TPSA) is 73.4 Å². The van der Waals surface area contributed by atoms with Crippen molar-refractivity contribution in [2.24, 2.45) is 5.16 Å². The molecule has 0 unspecified atom stereocenters. The van der Waals surface area contributed by atoms with Gasteiger partial charge in [0.05, 0.1) is 30.1 Å². The van der Waals surface area contributed by atoms with E-state index in [1.807, 2.05) is 37.4 Å². The molecule has 3 heterocycles. The van der Waals surface area contributed by atoms with E-state index >= 15 is 0 Å². The third-order valence-corrected chi connectivity index (χ3v) is 8.63. The van der Waals surface area contributed by atoms with Gasteiger partial charge in [-0.15, -0.1) is 0 Å². The van der Waals surface area contributed by atoms with Crippen LogP contribution in [0.15, 0.2) is 53.8 Å². The van der Waals surface area contributed by atoms with Gasteiger partial charge in [0.2, 0.25) is 0 Å². The maximum absolute atomic E-state index is 13.7. The molecule has 2 aliphatic rings. The average molecular weight is 668 g/mol. The number of nitrogens with zero attached hydrogens (tertiary/aromatic N) is 4. The average Bonchev–Trinajstić information content (AvgIpc) is 3.45. The number of ether oxygens (including phenoxy) is 1. The van der Waals surface area contributed by atoms with Gasteiger partial charge in [-0.2, -0.15) is 26.3 Å². The maximum atomic E-state index is 13.7. The van der Waals surface area contributed by atoms with Gasteiger partial charge in [0.15, 0.2) is 0 Å². The minimum atomic E-state index is -5.05. The van der Waals surface area contributed by atoms with Crippen LogP contribution in [0.3, 0.4) is 0 Å². The van der Waals surface area contributed by atoms with Gasteiger partial charge in [0, 0.05) is 68.0 Å². The molecule has 3 aromatic rings. The van der Waals surface area contributed by atoms with Crippen molar-refractivity contribution in [2.45, 2.75) is 44.6 Å². The number of benzene rings is 2. The Hall–Kier alpha value is -3.62. The Bertz CT molecular complexity index is 1500. The number of aromatic amines is 1. The molecule has 2 saturated heterocycles. The number of para-hydroxylation sites is 1. The van der Waals surface area contributed by atoms with Crippen LogP contribution < -0.4 is 0 Å². The number of amides is 1. The zero-order chi connectivity index (χ0) is 33.6. The Morgan fingerprint density at radius 2 is 1.66 bits per heavy atom. The fourth-order valence-electron chi connectivity index (χ4n) is 6.12. The second-order valence-corrected chi connectivity index (χ2v) is 12.0. The highest BCUT2D eigenvalue weighted by atomic mass is 19.4. The van der Waals surface area contributed by atoms with E-state index < -0.39 is 41.0 Å². The van der Waals surface area contributed by atoms with Gasteiger partial charge in [-0.3, -0.25) is 14.6 Å². The molecular weight excluding hydrogens is 628 g/mol. The standard InChI is InChI=1S/C33H39F6N5O3/c1-23(41-47-16-13-42-11-14-46-15-12-42)5-4-8-43-9-10-44(28(22-43)19-25-21-40-30-7-3-2-6-29(25)30)31(45)24-17-26(32(34,35)36)20-27(18-24)33(37,38)39/h2-3,6-7,17-18,20-21,28,40H,4-5,8-16,19,22H2,1H3/t28-/m1/s1. The van der Waals surface area contributed by atoms with Gasteiger partial charge >= 0.3 is 12.4 Å². The fourth-order valence-corrected chi connectivity index (χ4v) is 6.12. The molecular formula is C33H39F6N5O3. The summed E-state index contributed by atoms with van der Waals surface area (Å²) in [6.45, 7) is 8.01. The first-order chi connectivity index (χ1) is 22.4. The number of hydrogen-bond acceptors (Lipinski definition) is 6. The minimum Gasteiger partial charge on any atom is -0.394 e. The minimum absolute atomic E-state index is 0.0403. The van der Waals surface area contributed by atoms with Gasteiger partial charge in [0.1, 0.15) is 6.61 Å². The summed E-state index contributed by atoms with van der Waals surface area (Å²) in [7, 11) is 0. The first-order valence-electron chi connectivity index (χ1n) is 15.7. The third-order valence-electron chi connectivity index (χ3n) is 8.63. The van der Waals surface area contributed by atoms with E-state index in [2.05, 4.69) is 19.9 Å². The number of nitrogens with one attached hydrogen (secondary N) is 1. The predicted octanol–water partition coefficient (Wildman–Crippen LogP) is 6.08. The lowest BCUT2D eigenvalue weighted by Crippen LogP contribution is -2.56. The first-order valence-corrected chi connectivity index (χ1v) is 15.7. The van der Waals surface area contributed by atoms with E-state index in [9.17, 15) is 31.1 Å². The van der Waals surface area contributed by atoms with E-state index in [0.717, 1.165) is 61.4 Å². The highest BCUT2D eigenvalue weighted by Gasteiger charge is 2.39. The van der Waals surface area contributed by atoms with Crippen LogP contribution in [0.5, 0.6) is 0 Å². The molecule has 47 heavy (non-hydrogen) atoms. The Morgan fingerprint density at radius 3 is 2.36 bits per heavy atom. The number of carbonyl (C=O) groups excluding carboxylic acids is 1. The maximum Gasteiger partial charge on any atom is 0.416 e. The van der Waals surface area contributed by atoms with Crippen molar-refractivity contribution in [2.75, 3.05) is 65.6 Å². The van der Waals surface area contributed by atoms with Crippen molar-refractivity contribution in [1.82, 2.24) is 19.7 Å². The molecule has 8 nitrogen and oxygen atoms in total. The van der Waals surface area contributed by atoms with E-state index in [4.69, 9.17) is 9.57 Å². The second kappa shape index (κ2) is 15.1. The molecule has 1 N–H and O–H groups in total. The Kier molecular flexibility index (Phi) is 11.1. The number of rotatable bonds is 11. The first kappa shape index (κ1) is 34.7. The number of alkyl halides is 6. The molecule has 1 aromatic heterocycles. The van der Waals surface area contributed by atoms with Gasteiger partial charge in [-0.25, -0.2) is 0 Å². The number of halogens is 6. The van der Waals surface area contributed by atoms with Crippen LogP contribution in [-0.2, 0) is 28.3 Å². The lowest BCUT2D eigenvalue weighted by Gasteiger charge is -2.42. The summed E-state index contributed by atoms with van der Waals surface area (Å²) in [6.07, 6.45) is -6.44. The van der Waals surface area contributed by atoms with E-state index in [1.54, 1.807) is 0 Å². The van der Waals surface area contributed by atoms with Crippen molar-refractivity contribution in [3.63, 3.8) is 0 Å². The molecule has 2 fully saturated rings. The number of aromatic nitrogens is 1. The largest absolute Gasteiger partial charge is 0.416 e. The summed E-state index contributed by atoms with van der Waals surface area (Å²) in [5, 5.41) is 5.17.